The van der Waals surface area contributed by atoms with Crippen LogP contribution in [-0.4, -0.2) is 13.7 Å². The molecule has 0 saturated carbocycles. The zero-order valence-corrected chi connectivity index (χ0v) is 12.5. The Morgan fingerprint density at radius 3 is 1.59 bits per heavy atom. The van der Waals surface area contributed by atoms with Gasteiger partial charge in [-0.05, 0) is 24.3 Å². The summed E-state index contributed by atoms with van der Waals surface area (Å²) in [4.78, 5) is 3.38. The fourth-order valence-electron chi connectivity index (χ4n) is 2.53. The minimum absolute atomic E-state index is 0.988. The molecular formula is C18H13N3S. The standard InChI is InChI=1S/C12H9N.C6H4N2S/c1-3-7-11-9(5-1)10-6-2-4-8-12(10)13-11;1-2-4-6-5(3-1)7-9-8-6/h1-8,13H;1-4H. The first-order valence-electron chi connectivity index (χ1n) is 7.04. The number of nitrogens with one attached hydrogen (secondary N) is 1. The van der Waals surface area contributed by atoms with Crippen LogP contribution in [0.3, 0.4) is 0 Å². The van der Waals surface area contributed by atoms with Crippen molar-refractivity contribution in [3.05, 3.63) is 72.8 Å². The number of hydrogen-bond donors (Lipinski definition) is 1. The normalized spacial score (nSPS) is 10.7. The highest BCUT2D eigenvalue weighted by Gasteiger charge is 2.00. The zero-order valence-electron chi connectivity index (χ0n) is 11.7. The van der Waals surface area contributed by atoms with Crippen LogP contribution in [0.5, 0.6) is 0 Å². The van der Waals surface area contributed by atoms with Crippen molar-refractivity contribution in [2.24, 2.45) is 0 Å². The minimum Gasteiger partial charge on any atom is -0.355 e. The molecule has 3 nitrogen and oxygen atoms in total. The predicted molar refractivity (Wildman–Crippen MR) is 93.2 cm³/mol. The van der Waals surface area contributed by atoms with E-state index < -0.39 is 0 Å². The van der Waals surface area contributed by atoms with E-state index in [0.29, 0.717) is 0 Å². The number of H-pyrrole nitrogens is 1. The van der Waals surface area contributed by atoms with Crippen molar-refractivity contribution in [2.75, 3.05) is 0 Å². The molecule has 5 aromatic rings. The fraction of sp³-hybridized carbons (Fsp3) is 0. The van der Waals surface area contributed by atoms with Gasteiger partial charge in [-0.25, -0.2) is 0 Å². The van der Waals surface area contributed by atoms with E-state index in [1.807, 2.05) is 24.3 Å². The Labute approximate surface area is 131 Å². The van der Waals surface area contributed by atoms with Crippen LogP contribution >= 0.6 is 11.7 Å². The van der Waals surface area contributed by atoms with E-state index in [9.17, 15) is 0 Å². The molecule has 0 radical (unpaired) electrons. The van der Waals surface area contributed by atoms with Gasteiger partial charge in [0.05, 0.1) is 11.7 Å². The molecule has 0 saturated heterocycles. The van der Waals surface area contributed by atoms with Crippen LogP contribution in [0, 0.1) is 0 Å². The summed E-state index contributed by atoms with van der Waals surface area (Å²) in [5.41, 5.74) is 4.40. The number of aromatic amines is 1. The Balaban J connectivity index is 0.000000122. The number of benzene rings is 3. The highest BCUT2D eigenvalue weighted by atomic mass is 32.1. The van der Waals surface area contributed by atoms with Gasteiger partial charge in [-0.1, -0.05) is 48.5 Å². The van der Waals surface area contributed by atoms with E-state index in [1.165, 1.54) is 33.5 Å². The molecule has 106 valence electrons. The second-order valence-corrected chi connectivity index (χ2v) is 5.50. The van der Waals surface area contributed by atoms with Gasteiger partial charge >= 0.3 is 0 Å². The quantitative estimate of drug-likeness (QED) is 0.437. The highest BCUT2D eigenvalue weighted by molar-refractivity contribution is 7.00. The Morgan fingerprint density at radius 2 is 1.05 bits per heavy atom. The lowest BCUT2D eigenvalue weighted by molar-refractivity contribution is 1.55. The molecule has 0 spiro atoms. The summed E-state index contributed by atoms with van der Waals surface area (Å²) in [7, 11) is 0. The Kier molecular flexibility index (Phi) is 3.29. The molecular weight excluding hydrogens is 290 g/mol. The van der Waals surface area contributed by atoms with Gasteiger partial charge in [0.2, 0.25) is 0 Å². The molecule has 0 fully saturated rings. The first kappa shape index (κ1) is 13.0. The average molecular weight is 303 g/mol. The number of aromatic nitrogens is 3. The summed E-state index contributed by atoms with van der Waals surface area (Å²) < 4.78 is 8.10. The second-order valence-electron chi connectivity index (χ2n) is 4.97. The van der Waals surface area contributed by atoms with Crippen LogP contribution in [0.2, 0.25) is 0 Å². The van der Waals surface area contributed by atoms with Crippen LogP contribution in [0.1, 0.15) is 0 Å². The molecule has 2 aromatic heterocycles. The smallest absolute Gasteiger partial charge is 0.104 e. The molecule has 0 amide bonds. The second kappa shape index (κ2) is 5.58. The van der Waals surface area contributed by atoms with Crippen molar-refractivity contribution in [3.63, 3.8) is 0 Å². The largest absolute Gasteiger partial charge is 0.355 e. The maximum atomic E-state index is 4.05. The molecule has 4 heteroatoms. The van der Waals surface area contributed by atoms with Gasteiger partial charge in [-0.15, -0.1) is 0 Å². The van der Waals surface area contributed by atoms with Gasteiger partial charge in [0, 0.05) is 21.8 Å². The maximum absolute atomic E-state index is 4.05. The number of nitrogens with zero attached hydrogens (tertiary/aromatic N) is 2. The maximum Gasteiger partial charge on any atom is 0.104 e. The van der Waals surface area contributed by atoms with Crippen LogP contribution in [0.4, 0.5) is 0 Å². The van der Waals surface area contributed by atoms with E-state index in [1.54, 1.807) is 0 Å². The minimum atomic E-state index is 0.988. The molecule has 0 aliphatic carbocycles. The van der Waals surface area contributed by atoms with Crippen LogP contribution in [-0.2, 0) is 0 Å². The van der Waals surface area contributed by atoms with Crippen molar-refractivity contribution < 1.29 is 0 Å². The Hall–Kier alpha value is -2.72. The summed E-state index contributed by atoms with van der Waals surface area (Å²) in [5, 5.41) is 2.61. The third-order valence-electron chi connectivity index (χ3n) is 3.57. The third-order valence-corrected chi connectivity index (χ3v) is 4.13. The topological polar surface area (TPSA) is 41.6 Å². The van der Waals surface area contributed by atoms with Gasteiger partial charge in [0.1, 0.15) is 11.0 Å². The summed E-state index contributed by atoms with van der Waals surface area (Å²) in [6.07, 6.45) is 0. The summed E-state index contributed by atoms with van der Waals surface area (Å²) in [5.74, 6) is 0. The van der Waals surface area contributed by atoms with E-state index in [2.05, 4.69) is 62.3 Å². The molecule has 0 atom stereocenters. The molecule has 0 bridgehead atoms. The Bertz CT molecular complexity index is 965. The molecule has 1 N–H and O–H groups in total. The highest BCUT2D eigenvalue weighted by Crippen LogP contribution is 2.24. The van der Waals surface area contributed by atoms with Crippen molar-refractivity contribution in [1.82, 2.24) is 13.7 Å². The first-order chi connectivity index (χ1) is 10.9. The zero-order chi connectivity index (χ0) is 14.8. The molecule has 0 aliphatic rings. The van der Waals surface area contributed by atoms with E-state index in [-0.39, 0.29) is 0 Å². The van der Waals surface area contributed by atoms with E-state index >= 15 is 0 Å². The molecule has 0 aliphatic heterocycles. The van der Waals surface area contributed by atoms with Crippen LogP contribution in [0.25, 0.3) is 32.8 Å². The lowest BCUT2D eigenvalue weighted by atomic mass is 10.2. The molecule has 5 rings (SSSR count). The van der Waals surface area contributed by atoms with Gasteiger partial charge in [0.15, 0.2) is 0 Å². The molecule has 22 heavy (non-hydrogen) atoms. The number of hydrogen-bond acceptors (Lipinski definition) is 3. The van der Waals surface area contributed by atoms with Gasteiger partial charge in [-0.2, -0.15) is 8.75 Å². The molecule has 0 unspecified atom stereocenters. The lowest BCUT2D eigenvalue weighted by Gasteiger charge is -1.87. The van der Waals surface area contributed by atoms with Crippen LogP contribution < -0.4 is 0 Å². The predicted octanol–water partition coefficient (Wildman–Crippen LogP) is 5.01. The number of rotatable bonds is 0. The van der Waals surface area contributed by atoms with E-state index in [0.717, 1.165) is 11.0 Å². The first-order valence-corrected chi connectivity index (χ1v) is 7.77. The summed E-state index contributed by atoms with van der Waals surface area (Å²) in [6, 6.07) is 24.6. The SMILES string of the molecule is c1ccc2c(c1)[nH]c1ccccc12.c1ccc2nsnc2c1. The average Bonchev–Trinajstić information content (AvgIpc) is 3.19. The summed E-state index contributed by atoms with van der Waals surface area (Å²) >= 11 is 1.25. The van der Waals surface area contributed by atoms with Crippen molar-refractivity contribution >= 4 is 44.6 Å². The Morgan fingerprint density at radius 1 is 0.591 bits per heavy atom. The fourth-order valence-corrected chi connectivity index (χ4v) is 3.05. The van der Waals surface area contributed by atoms with Gasteiger partial charge in [-0.3, -0.25) is 0 Å². The molecule has 2 heterocycles. The van der Waals surface area contributed by atoms with Gasteiger partial charge in [0.25, 0.3) is 0 Å². The summed E-state index contributed by atoms with van der Waals surface area (Å²) in [6.45, 7) is 0. The van der Waals surface area contributed by atoms with Crippen molar-refractivity contribution in [1.29, 1.82) is 0 Å². The van der Waals surface area contributed by atoms with Crippen molar-refractivity contribution in [3.8, 4) is 0 Å². The van der Waals surface area contributed by atoms with E-state index in [4.69, 9.17) is 0 Å². The number of para-hydroxylation sites is 2. The molecule has 3 aromatic carbocycles. The lowest BCUT2D eigenvalue weighted by Crippen LogP contribution is -1.63. The monoisotopic (exact) mass is 303 g/mol. The van der Waals surface area contributed by atoms with Gasteiger partial charge < -0.3 is 4.98 Å². The number of fused-ring (bicyclic) bond motifs is 4. The third kappa shape index (κ3) is 2.34. The van der Waals surface area contributed by atoms with Crippen molar-refractivity contribution in [2.45, 2.75) is 0 Å². The van der Waals surface area contributed by atoms with Crippen LogP contribution in [0.15, 0.2) is 72.8 Å².